The second-order valence-electron chi connectivity index (χ2n) is 4.29. The minimum absolute atomic E-state index is 0.0229. The molecule has 20 heavy (non-hydrogen) atoms. The van der Waals surface area contributed by atoms with E-state index in [2.05, 4.69) is 10.9 Å². The predicted octanol–water partition coefficient (Wildman–Crippen LogP) is 1.68. The number of hydrogen-bond acceptors (Lipinski definition) is 4. The third-order valence-corrected chi connectivity index (χ3v) is 2.68. The van der Waals surface area contributed by atoms with Crippen LogP contribution in [0.1, 0.15) is 32.2 Å². The molecular formula is C14H14N2O4. The first-order valence-electron chi connectivity index (χ1n) is 5.94. The van der Waals surface area contributed by atoms with Crippen molar-refractivity contribution >= 4 is 11.8 Å². The fourth-order valence-corrected chi connectivity index (χ4v) is 1.76. The molecule has 0 aliphatic carbocycles. The third-order valence-electron chi connectivity index (χ3n) is 2.68. The van der Waals surface area contributed by atoms with E-state index in [0.29, 0.717) is 17.1 Å². The summed E-state index contributed by atoms with van der Waals surface area (Å²) >= 11 is 0. The molecule has 0 aliphatic rings. The van der Waals surface area contributed by atoms with Crippen LogP contribution in [-0.4, -0.2) is 16.9 Å². The van der Waals surface area contributed by atoms with Crippen molar-refractivity contribution in [2.24, 2.45) is 0 Å². The van der Waals surface area contributed by atoms with Crippen LogP contribution in [0.3, 0.4) is 0 Å². The summed E-state index contributed by atoms with van der Waals surface area (Å²) in [7, 11) is 0. The Morgan fingerprint density at radius 2 is 1.80 bits per heavy atom. The molecule has 0 saturated heterocycles. The van der Waals surface area contributed by atoms with Crippen molar-refractivity contribution in [3.05, 3.63) is 53.0 Å². The van der Waals surface area contributed by atoms with Crippen molar-refractivity contribution < 1.29 is 19.1 Å². The Bertz CT molecular complexity index is 661. The Kier molecular flexibility index (Phi) is 3.74. The van der Waals surface area contributed by atoms with Crippen LogP contribution in [0.5, 0.6) is 5.75 Å². The number of nitrogens with one attached hydrogen (secondary N) is 2. The lowest BCUT2D eigenvalue weighted by molar-refractivity contribution is 0.0845. The van der Waals surface area contributed by atoms with Crippen molar-refractivity contribution in [1.82, 2.24) is 10.9 Å². The third kappa shape index (κ3) is 2.97. The maximum atomic E-state index is 11.8. The molecule has 0 radical (unpaired) electrons. The molecule has 2 rings (SSSR count). The first kappa shape index (κ1) is 13.7. The number of phenolic OH excluding ortho intramolecular Hbond substituents is 1. The van der Waals surface area contributed by atoms with Gasteiger partial charge < -0.3 is 9.52 Å². The van der Waals surface area contributed by atoms with Crippen LogP contribution in [-0.2, 0) is 0 Å². The minimum Gasteiger partial charge on any atom is -0.508 e. The fraction of sp³-hybridized carbons (Fsp3) is 0.143. The van der Waals surface area contributed by atoms with E-state index in [0.717, 1.165) is 0 Å². The van der Waals surface area contributed by atoms with Crippen LogP contribution in [0.25, 0.3) is 0 Å². The maximum absolute atomic E-state index is 11.8. The van der Waals surface area contributed by atoms with E-state index >= 15 is 0 Å². The highest BCUT2D eigenvalue weighted by molar-refractivity contribution is 5.99. The monoisotopic (exact) mass is 274 g/mol. The zero-order valence-electron chi connectivity index (χ0n) is 11.1. The lowest BCUT2D eigenvalue weighted by Gasteiger charge is -2.06. The highest BCUT2D eigenvalue weighted by atomic mass is 16.3. The van der Waals surface area contributed by atoms with Crippen molar-refractivity contribution in [2.75, 3.05) is 0 Å². The van der Waals surface area contributed by atoms with E-state index < -0.39 is 11.8 Å². The molecule has 1 aromatic heterocycles. The van der Waals surface area contributed by atoms with Crippen LogP contribution >= 0.6 is 0 Å². The Labute approximate surface area is 115 Å². The second kappa shape index (κ2) is 5.48. The van der Waals surface area contributed by atoms with Gasteiger partial charge in [-0.25, -0.2) is 0 Å². The number of hydrazine groups is 1. The Morgan fingerprint density at radius 1 is 1.10 bits per heavy atom. The summed E-state index contributed by atoms with van der Waals surface area (Å²) in [5, 5.41) is 9.28. The second-order valence-corrected chi connectivity index (χ2v) is 4.29. The SMILES string of the molecule is Cc1cc(C(=O)NNC(=O)c2cccc(O)c2)c(C)o1. The molecule has 0 saturated carbocycles. The minimum atomic E-state index is -0.521. The number of benzene rings is 1. The number of carbonyl (C=O) groups excluding carboxylic acids is 2. The number of hydrogen-bond donors (Lipinski definition) is 3. The number of aromatic hydroxyl groups is 1. The average Bonchev–Trinajstić information content (AvgIpc) is 2.74. The first-order valence-corrected chi connectivity index (χ1v) is 5.94. The van der Waals surface area contributed by atoms with E-state index in [4.69, 9.17) is 4.42 Å². The molecule has 6 heteroatoms. The van der Waals surface area contributed by atoms with Crippen LogP contribution in [0.15, 0.2) is 34.7 Å². The smallest absolute Gasteiger partial charge is 0.273 e. The van der Waals surface area contributed by atoms with E-state index in [9.17, 15) is 14.7 Å². The summed E-state index contributed by atoms with van der Waals surface area (Å²) in [6.45, 7) is 3.40. The van der Waals surface area contributed by atoms with E-state index in [1.807, 2.05) is 0 Å². The largest absolute Gasteiger partial charge is 0.508 e. The molecule has 0 bridgehead atoms. The molecular weight excluding hydrogens is 260 g/mol. The number of amides is 2. The fourth-order valence-electron chi connectivity index (χ4n) is 1.76. The molecule has 0 fully saturated rings. The number of carbonyl (C=O) groups is 2. The first-order chi connectivity index (χ1) is 9.47. The van der Waals surface area contributed by atoms with Gasteiger partial charge in [0, 0.05) is 5.56 Å². The average molecular weight is 274 g/mol. The quantitative estimate of drug-likeness (QED) is 0.726. The summed E-state index contributed by atoms with van der Waals surface area (Å²) in [6, 6.07) is 7.40. The van der Waals surface area contributed by atoms with Gasteiger partial charge in [0.15, 0.2) is 0 Å². The van der Waals surface area contributed by atoms with Gasteiger partial charge in [-0.2, -0.15) is 0 Å². The zero-order chi connectivity index (χ0) is 14.7. The molecule has 1 heterocycles. The lowest BCUT2D eigenvalue weighted by atomic mass is 10.2. The van der Waals surface area contributed by atoms with Gasteiger partial charge in [0.2, 0.25) is 0 Å². The van der Waals surface area contributed by atoms with Crippen LogP contribution in [0.2, 0.25) is 0 Å². The van der Waals surface area contributed by atoms with E-state index in [-0.39, 0.29) is 11.3 Å². The maximum Gasteiger partial charge on any atom is 0.273 e. The molecule has 1 aromatic carbocycles. The number of rotatable bonds is 2. The van der Waals surface area contributed by atoms with Gasteiger partial charge in [-0.3, -0.25) is 20.4 Å². The molecule has 0 atom stereocenters. The molecule has 0 aliphatic heterocycles. The molecule has 2 aromatic rings. The topological polar surface area (TPSA) is 91.6 Å². The van der Waals surface area contributed by atoms with Gasteiger partial charge in [0.05, 0.1) is 5.56 Å². The summed E-state index contributed by atoms with van der Waals surface area (Å²) in [4.78, 5) is 23.6. The van der Waals surface area contributed by atoms with Crippen LogP contribution in [0, 0.1) is 13.8 Å². The summed E-state index contributed by atoms with van der Waals surface area (Å²) < 4.78 is 5.24. The predicted molar refractivity (Wildman–Crippen MR) is 71.2 cm³/mol. The van der Waals surface area contributed by atoms with E-state index in [1.165, 1.54) is 24.3 Å². The van der Waals surface area contributed by atoms with Gasteiger partial charge in [-0.15, -0.1) is 0 Å². The molecule has 3 N–H and O–H groups in total. The van der Waals surface area contributed by atoms with Crippen molar-refractivity contribution in [2.45, 2.75) is 13.8 Å². The molecule has 0 spiro atoms. The lowest BCUT2D eigenvalue weighted by Crippen LogP contribution is -2.41. The Morgan fingerprint density at radius 3 is 2.40 bits per heavy atom. The van der Waals surface area contributed by atoms with Gasteiger partial charge in [0.1, 0.15) is 17.3 Å². The summed E-state index contributed by atoms with van der Waals surface area (Å²) in [5.74, 6) is 0.0869. The normalized spacial score (nSPS) is 10.1. The van der Waals surface area contributed by atoms with Crippen molar-refractivity contribution in [3.63, 3.8) is 0 Å². The highest BCUT2D eigenvalue weighted by Crippen LogP contribution is 2.13. The van der Waals surface area contributed by atoms with Gasteiger partial charge in [-0.05, 0) is 38.1 Å². The van der Waals surface area contributed by atoms with Crippen molar-refractivity contribution in [1.29, 1.82) is 0 Å². The van der Waals surface area contributed by atoms with Crippen LogP contribution in [0.4, 0.5) is 0 Å². The highest BCUT2D eigenvalue weighted by Gasteiger charge is 2.14. The number of aryl methyl sites for hydroxylation is 2. The standard InChI is InChI=1S/C14H14N2O4/c1-8-6-12(9(2)20-8)14(19)16-15-13(18)10-4-3-5-11(17)7-10/h3-7,17H,1-2H3,(H,15,18)(H,16,19). The van der Waals surface area contributed by atoms with Crippen LogP contribution < -0.4 is 10.9 Å². The number of phenols is 1. The number of furan rings is 1. The van der Waals surface area contributed by atoms with Gasteiger partial charge >= 0.3 is 0 Å². The molecule has 6 nitrogen and oxygen atoms in total. The molecule has 104 valence electrons. The van der Waals surface area contributed by atoms with E-state index in [1.54, 1.807) is 19.9 Å². The summed E-state index contributed by atoms with van der Waals surface area (Å²) in [5.41, 5.74) is 5.16. The molecule has 2 amide bonds. The van der Waals surface area contributed by atoms with Crippen molar-refractivity contribution in [3.8, 4) is 5.75 Å². The molecule has 0 unspecified atom stereocenters. The Balaban J connectivity index is 2.00. The zero-order valence-corrected chi connectivity index (χ0v) is 11.1. The van der Waals surface area contributed by atoms with Gasteiger partial charge in [0.25, 0.3) is 11.8 Å². The summed E-state index contributed by atoms with van der Waals surface area (Å²) in [6.07, 6.45) is 0. The van der Waals surface area contributed by atoms with Gasteiger partial charge in [-0.1, -0.05) is 6.07 Å². The Hall–Kier alpha value is -2.76.